The number of likely N-dealkylation sites (N-methyl/N-ethyl adjacent to an activating group) is 1. The molecule has 4 heteroatoms. The van der Waals surface area contributed by atoms with Crippen molar-refractivity contribution in [2.24, 2.45) is 0 Å². The molecule has 1 rings (SSSR count). The summed E-state index contributed by atoms with van der Waals surface area (Å²) in [7, 11) is 3.72. The highest BCUT2D eigenvalue weighted by Crippen LogP contribution is 2.17. The van der Waals surface area contributed by atoms with Crippen molar-refractivity contribution >= 4 is 17.3 Å². The first kappa shape index (κ1) is 12.7. The largest absolute Gasteiger partial charge is 0.383 e. The predicted octanol–water partition coefficient (Wildman–Crippen LogP) is 1.77. The van der Waals surface area contributed by atoms with E-state index in [2.05, 4.69) is 5.32 Å². The minimum Gasteiger partial charge on any atom is -0.383 e. The smallest absolute Gasteiger partial charge is 0.168 e. The standard InChI is InChI=1S/C11H22N2OS/c1-13(8-9-14-2)11(15)12-10-6-4-3-5-7-10/h10H,3-9H2,1-2H3,(H,12,15). The Morgan fingerprint density at radius 2 is 2.07 bits per heavy atom. The van der Waals surface area contributed by atoms with Crippen LogP contribution in [0.4, 0.5) is 0 Å². The minimum atomic E-state index is 0.594. The number of nitrogens with zero attached hydrogens (tertiary/aromatic N) is 1. The first-order chi connectivity index (χ1) is 7.24. The highest BCUT2D eigenvalue weighted by Gasteiger charge is 2.15. The molecule has 0 radical (unpaired) electrons. The lowest BCUT2D eigenvalue weighted by atomic mass is 9.96. The Morgan fingerprint density at radius 1 is 1.40 bits per heavy atom. The van der Waals surface area contributed by atoms with Crippen LogP contribution in [0.25, 0.3) is 0 Å². The van der Waals surface area contributed by atoms with Gasteiger partial charge in [-0.1, -0.05) is 19.3 Å². The van der Waals surface area contributed by atoms with Gasteiger partial charge in [0.25, 0.3) is 0 Å². The summed E-state index contributed by atoms with van der Waals surface area (Å²) in [4.78, 5) is 2.05. The Labute approximate surface area is 98.2 Å². The van der Waals surface area contributed by atoms with Crippen molar-refractivity contribution in [3.8, 4) is 0 Å². The van der Waals surface area contributed by atoms with E-state index in [0.717, 1.165) is 18.3 Å². The third kappa shape index (κ3) is 4.80. The van der Waals surface area contributed by atoms with E-state index in [1.54, 1.807) is 7.11 Å². The van der Waals surface area contributed by atoms with Crippen molar-refractivity contribution in [2.75, 3.05) is 27.3 Å². The van der Waals surface area contributed by atoms with Crippen molar-refractivity contribution in [2.45, 2.75) is 38.1 Å². The molecule has 3 nitrogen and oxygen atoms in total. The summed E-state index contributed by atoms with van der Waals surface area (Å²) in [5, 5.41) is 4.29. The fourth-order valence-electron chi connectivity index (χ4n) is 1.86. The molecular formula is C11H22N2OS. The number of hydrogen-bond acceptors (Lipinski definition) is 2. The van der Waals surface area contributed by atoms with Gasteiger partial charge in [-0.3, -0.25) is 0 Å². The second kappa shape index (κ2) is 7.01. The summed E-state index contributed by atoms with van der Waals surface area (Å²) < 4.78 is 5.02. The second-order valence-corrected chi connectivity index (χ2v) is 4.59. The van der Waals surface area contributed by atoms with Crippen LogP contribution in [0.2, 0.25) is 0 Å². The number of methoxy groups -OCH3 is 1. The Morgan fingerprint density at radius 3 is 2.67 bits per heavy atom. The van der Waals surface area contributed by atoms with Crippen LogP contribution in [0.15, 0.2) is 0 Å². The normalized spacial score (nSPS) is 17.5. The number of ether oxygens (including phenoxy) is 1. The summed E-state index contributed by atoms with van der Waals surface area (Å²) in [5.74, 6) is 0. The molecule has 1 fully saturated rings. The molecule has 0 saturated heterocycles. The van der Waals surface area contributed by atoms with E-state index in [0.29, 0.717) is 6.04 Å². The lowest BCUT2D eigenvalue weighted by molar-refractivity contribution is 0.182. The van der Waals surface area contributed by atoms with Crippen LogP contribution in [0.3, 0.4) is 0 Å². The molecule has 1 aliphatic rings. The molecule has 1 saturated carbocycles. The third-order valence-corrected chi connectivity index (χ3v) is 3.34. The van der Waals surface area contributed by atoms with Gasteiger partial charge in [0, 0.05) is 26.7 Å². The molecule has 15 heavy (non-hydrogen) atoms. The van der Waals surface area contributed by atoms with Crippen molar-refractivity contribution in [3.63, 3.8) is 0 Å². The molecule has 0 aromatic rings. The molecule has 0 bridgehead atoms. The van der Waals surface area contributed by atoms with Crippen molar-refractivity contribution in [1.82, 2.24) is 10.2 Å². The number of nitrogens with one attached hydrogen (secondary N) is 1. The van der Waals surface area contributed by atoms with E-state index in [4.69, 9.17) is 17.0 Å². The minimum absolute atomic E-state index is 0.594. The first-order valence-electron chi connectivity index (χ1n) is 5.74. The highest BCUT2D eigenvalue weighted by molar-refractivity contribution is 7.80. The van der Waals surface area contributed by atoms with E-state index in [9.17, 15) is 0 Å². The molecule has 0 aliphatic heterocycles. The molecular weight excluding hydrogens is 208 g/mol. The van der Waals surface area contributed by atoms with Crippen molar-refractivity contribution in [3.05, 3.63) is 0 Å². The topological polar surface area (TPSA) is 24.5 Å². The van der Waals surface area contributed by atoms with Gasteiger partial charge in [0.1, 0.15) is 0 Å². The van der Waals surface area contributed by atoms with Gasteiger partial charge in [-0.05, 0) is 25.1 Å². The lowest BCUT2D eigenvalue weighted by Gasteiger charge is -2.28. The zero-order valence-electron chi connectivity index (χ0n) is 9.79. The fraction of sp³-hybridized carbons (Fsp3) is 0.909. The van der Waals surface area contributed by atoms with Gasteiger partial charge in [-0.25, -0.2) is 0 Å². The maximum Gasteiger partial charge on any atom is 0.168 e. The van der Waals surface area contributed by atoms with Crippen molar-refractivity contribution in [1.29, 1.82) is 0 Å². The van der Waals surface area contributed by atoms with E-state index in [1.165, 1.54) is 32.1 Å². The fourth-order valence-corrected chi connectivity index (χ4v) is 2.12. The van der Waals surface area contributed by atoms with Gasteiger partial charge in [-0.2, -0.15) is 0 Å². The number of rotatable bonds is 4. The van der Waals surface area contributed by atoms with E-state index in [-0.39, 0.29) is 0 Å². The first-order valence-corrected chi connectivity index (χ1v) is 6.15. The summed E-state index contributed by atoms with van der Waals surface area (Å²) >= 11 is 5.33. The quantitative estimate of drug-likeness (QED) is 0.744. The zero-order valence-corrected chi connectivity index (χ0v) is 10.6. The molecule has 88 valence electrons. The Balaban J connectivity index is 2.20. The molecule has 0 unspecified atom stereocenters. The maximum absolute atomic E-state index is 5.33. The molecule has 1 N–H and O–H groups in total. The number of thiocarbonyl (C=S) groups is 1. The van der Waals surface area contributed by atoms with Gasteiger partial charge in [0.15, 0.2) is 5.11 Å². The zero-order chi connectivity index (χ0) is 11.1. The van der Waals surface area contributed by atoms with Crippen LogP contribution in [0, 0.1) is 0 Å². The van der Waals surface area contributed by atoms with Crippen LogP contribution < -0.4 is 5.32 Å². The molecule has 1 aliphatic carbocycles. The molecule has 0 aromatic carbocycles. The molecule has 0 heterocycles. The molecule has 0 atom stereocenters. The van der Waals surface area contributed by atoms with Gasteiger partial charge < -0.3 is 15.0 Å². The summed E-state index contributed by atoms with van der Waals surface area (Å²) in [5.41, 5.74) is 0. The predicted molar refractivity (Wildman–Crippen MR) is 67.1 cm³/mol. The Hall–Kier alpha value is -0.350. The van der Waals surface area contributed by atoms with E-state index in [1.807, 2.05) is 11.9 Å². The van der Waals surface area contributed by atoms with Crippen LogP contribution in [-0.4, -0.2) is 43.4 Å². The maximum atomic E-state index is 5.33. The van der Waals surface area contributed by atoms with Crippen molar-refractivity contribution < 1.29 is 4.74 Å². The second-order valence-electron chi connectivity index (χ2n) is 4.20. The summed E-state index contributed by atoms with van der Waals surface area (Å²) in [6, 6.07) is 0.594. The van der Waals surface area contributed by atoms with Gasteiger partial charge in [0.2, 0.25) is 0 Å². The lowest BCUT2D eigenvalue weighted by Crippen LogP contribution is -2.44. The SMILES string of the molecule is COCCN(C)C(=S)NC1CCCCC1. The van der Waals surface area contributed by atoms with Gasteiger partial charge >= 0.3 is 0 Å². The van der Waals surface area contributed by atoms with Crippen LogP contribution in [0.1, 0.15) is 32.1 Å². The van der Waals surface area contributed by atoms with E-state index >= 15 is 0 Å². The van der Waals surface area contributed by atoms with Crippen LogP contribution in [0.5, 0.6) is 0 Å². The third-order valence-electron chi connectivity index (χ3n) is 2.91. The van der Waals surface area contributed by atoms with Gasteiger partial charge in [0.05, 0.1) is 6.61 Å². The average Bonchev–Trinajstić information content (AvgIpc) is 2.27. The Kier molecular flexibility index (Phi) is 5.95. The van der Waals surface area contributed by atoms with Crippen LogP contribution in [-0.2, 0) is 4.74 Å². The van der Waals surface area contributed by atoms with Crippen LogP contribution >= 0.6 is 12.2 Å². The Bertz CT molecular complexity index is 193. The average molecular weight is 230 g/mol. The van der Waals surface area contributed by atoms with E-state index < -0.39 is 0 Å². The molecule has 0 spiro atoms. The number of hydrogen-bond donors (Lipinski definition) is 1. The monoisotopic (exact) mass is 230 g/mol. The highest BCUT2D eigenvalue weighted by atomic mass is 32.1. The molecule has 0 amide bonds. The molecule has 0 aromatic heterocycles. The summed E-state index contributed by atoms with van der Waals surface area (Å²) in [6.07, 6.45) is 6.57. The van der Waals surface area contributed by atoms with Gasteiger partial charge in [-0.15, -0.1) is 0 Å². The summed E-state index contributed by atoms with van der Waals surface area (Å²) in [6.45, 7) is 1.58.